The molecule has 5 nitrogen and oxygen atoms in total. The minimum Gasteiger partial charge on any atom is -0.368 e. The SMILES string of the molecule is Cc1ccc(C)c(C(NCc2ccncc2Cc2cccnc2)C(N)=O)c1. The lowest BCUT2D eigenvalue weighted by atomic mass is 9.97. The molecule has 1 aromatic carbocycles. The van der Waals surface area contributed by atoms with Crippen LogP contribution in [-0.2, 0) is 17.8 Å². The van der Waals surface area contributed by atoms with Gasteiger partial charge in [-0.15, -0.1) is 0 Å². The van der Waals surface area contributed by atoms with Gasteiger partial charge in [-0.25, -0.2) is 0 Å². The zero-order chi connectivity index (χ0) is 19.2. The Bertz CT molecular complexity index is 925. The number of aromatic nitrogens is 2. The van der Waals surface area contributed by atoms with Gasteiger partial charge in [-0.05, 0) is 53.8 Å². The monoisotopic (exact) mass is 360 g/mol. The fraction of sp³-hybridized carbons (Fsp3) is 0.227. The van der Waals surface area contributed by atoms with Gasteiger partial charge >= 0.3 is 0 Å². The summed E-state index contributed by atoms with van der Waals surface area (Å²) in [6.07, 6.45) is 7.98. The third-order valence-electron chi connectivity index (χ3n) is 4.65. The Hall–Kier alpha value is -3.05. The Balaban J connectivity index is 1.80. The van der Waals surface area contributed by atoms with E-state index in [1.54, 1.807) is 12.4 Å². The number of pyridine rings is 2. The molecule has 0 saturated heterocycles. The molecule has 0 aliphatic rings. The van der Waals surface area contributed by atoms with Crippen molar-refractivity contribution < 1.29 is 4.79 Å². The van der Waals surface area contributed by atoms with E-state index in [1.165, 1.54) is 0 Å². The topological polar surface area (TPSA) is 80.9 Å². The van der Waals surface area contributed by atoms with Crippen LogP contribution >= 0.6 is 0 Å². The predicted molar refractivity (Wildman–Crippen MR) is 106 cm³/mol. The number of amides is 1. The van der Waals surface area contributed by atoms with E-state index in [4.69, 9.17) is 5.73 Å². The molecular formula is C22H24N4O. The van der Waals surface area contributed by atoms with Gasteiger partial charge in [-0.3, -0.25) is 20.1 Å². The molecule has 2 aromatic heterocycles. The number of nitrogens with two attached hydrogens (primary N) is 1. The number of hydrogen-bond acceptors (Lipinski definition) is 4. The molecule has 0 radical (unpaired) electrons. The Morgan fingerprint density at radius 2 is 1.89 bits per heavy atom. The van der Waals surface area contributed by atoms with E-state index in [-0.39, 0.29) is 5.91 Å². The Morgan fingerprint density at radius 1 is 1.07 bits per heavy atom. The van der Waals surface area contributed by atoms with Gasteiger partial charge in [-0.2, -0.15) is 0 Å². The van der Waals surface area contributed by atoms with Crippen LogP contribution in [0.5, 0.6) is 0 Å². The molecule has 0 bridgehead atoms. The lowest BCUT2D eigenvalue weighted by molar-refractivity contribution is -0.120. The van der Waals surface area contributed by atoms with Crippen molar-refractivity contribution in [3.63, 3.8) is 0 Å². The molecule has 1 atom stereocenters. The number of benzene rings is 1. The van der Waals surface area contributed by atoms with Gasteiger partial charge < -0.3 is 5.73 Å². The normalized spacial score (nSPS) is 11.9. The van der Waals surface area contributed by atoms with E-state index in [0.29, 0.717) is 6.54 Å². The van der Waals surface area contributed by atoms with Crippen LogP contribution in [0.3, 0.4) is 0 Å². The van der Waals surface area contributed by atoms with Gasteiger partial charge in [0.05, 0.1) is 0 Å². The summed E-state index contributed by atoms with van der Waals surface area (Å²) in [5.41, 5.74) is 12.1. The van der Waals surface area contributed by atoms with Crippen molar-refractivity contribution in [2.75, 3.05) is 0 Å². The number of primary amides is 1. The average Bonchev–Trinajstić information content (AvgIpc) is 2.66. The molecule has 27 heavy (non-hydrogen) atoms. The van der Waals surface area contributed by atoms with Crippen molar-refractivity contribution in [1.82, 2.24) is 15.3 Å². The number of carbonyl (C=O) groups is 1. The van der Waals surface area contributed by atoms with Gasteiger partial charge in [0, 0.05) is 37.8 Å². The van der Waals surface area contributed by atoms with Crippen LogP contribution in [0, 0.1) is 13.8 Å². The van der Waals surface area contributed by atoms with Gasteiger partial charge in [0.15, 0.2) is 0 Å². The first-order chi connectivity index (χ1) is 13.0. The molecule has 3 rings (SSSR count). The van der Waals surface area contributed by atoms with Crippen LogP contribution in [0.15, 0.2) is 61.2 Å². The summed E-state index contributed by atoms with van der Waals surface area (Å²) in [6.45, 7) is 4.53. The van der Waals surface area contributed by atoms with E-state index in [2.05, 4.69) is 15.3 Å². The molecule has 0 saturated carbocycles. The molecule has 138 valence electrons. The number of carbonyl (C=O) groups excluding carboxylic acids is 1. The maximum atomic E-state index is 12.1. The summed E-state index contributed by atoms with van der Waals surface area (Å²) < 4.78 is 0. The number of rotatable bonds is 7. The first-order valence-corrected chi connectivity index (χ1v) is 8.95. The first kappa shape index (κ1) is 18.7. The molecule has 2 heterocycles. The third kappa shape index (κ3) is 4.77. The minimum absolute atomic E-state index is 0.383. The molecule has 0 spiro atoms. The second-order valence-electron chi connectivity index (χ2n) is 6.76. The zero-order valence-corrected chi connectivity index (χ0v) is 15.6. The van der Waals surface area contributed by atoms with E-state index < -0.39 is 6.04 Å². The third-order valence-corrected chi connectivity index (χ3v) is 4.65. The highest BCUT2D eigenvalue weighted by atomic mass is 16.1. The van der Waals surface area contributed by atoms with Crippen molar-refractivity contribution in [3.8, 4) is 0 Å². The van der Waals surface area contributed by atoms with Crippen LogP contribution in [-0.4, -0.2) is 15.9 Å². The first-order valence-electron chi connectivity index (χ1n) is 8.95. The molecule has 3 N–H and O–H groups in total. The zero-order valence-electron chi connectivity index (χ0n) is 15.6. The number of hydrogen-bond donors (Lipinski definition) is 2. The molecule has 0 fully saturated rings. The largest absolute Gasteiger partial charge is 0.368 e. The van der Waals surface area contributed by atoms with Gasteiger partial charge in [0.25, 0.3) is 0 Å². The Morgan fingerprint density at radius 3 is 2.63 bits per heavy atom. The highest BCUT2D eigenvalue weighted by Gasteiger charge is 2.20. The summed E-state index contributed by atoms with van der Waals surface area (Å²) >= 11 is 0. The summed E-state index contributed by atoms with van der Waals surface area (Å²) in [4.78, 5) is 20.5. The molecule has 0 aliphatic carbocycles. The van der Waals surface area contributed by atoms with Crippen molar-refractivity contribution >= 4 is 5.91 Å². The summed E-state index contributed by atoms with van der Waals surface area (Å²) in [5, 5.41) is 3.33. The molecule has 1 amide bonds. The number of aryl methyl sites for hydroxylation is 2. The van der Waals surface area contributed by atoms with Gasteiger partial charge in [-0.1, -0.05) is 29.8 Å². The van der Waals surface area contributed by atoms with E-state index in [1.807, 2.05) is 62.6 Å². The van der Waals surface area contributed by atoms with Crippen LogP contribution in [0.4, 0.5) is 0 Å². The standard InChI is InChI=1S/C22H24N4O/c1-15-5-6-16(2)20(10-15)21(22(23)27)26-14-18-7-9-25-13-19(18)11-17-4-3-8-24-12-17/h3-10,12-13,21,26H,11,14H2,1-2H3,(H2,23,27). The fourth-order valence-electron chi connectivity index (χ4n) is 3.16. The van der Waals surface area contributed by atoms with E-state index in [0.717, 1.165) is 39.8 Å². The molecule has 0 aliphatic heterocycles. The molecular weight excluding hydrogens is 336 g/mol. The molecule has 5 heteroatoms. The summed E-state index contributed by atoms with van der Waals surface area (Å²) in [7, 11) is 0. The molecule has 3 aromatic rings. The Labute approximate surface area is 159 Å². The van der Waals surface area contributed by atoms with Crippen LogP contribution in [0.25, 0.3) is 0 Å². The number of nitrogens with zero attached hydrogens (tertiary/aromatic N) is 2. The van der Waals surface area contributed by atoms with Crippen LogP contribution < -0.4 is 11.1 Å². The average molecular weight is 360 g/mol. The lowest BCUT2D eigenvalue weighted by Gasteiger charge is -2.19. The summed E-state index contributed by atoms with van der Waals surface area (Å²) in [6, 6.07) is 11.5. The van der Waals surface area contributed by atoms with Crippen molar-refractivity contribution in [2.45, 2.75) is 32.9 Å². The smallest absolute Gasteiger partial charge is 0.239 e. The predicted octanol–water partition coefficient (Wildman–Crippen LogP) is 3.00. The quantitative estimate of drug-likeness (QED) is 0.679. The van der Waals surface area contributed by atoms with Gasteiger partial charge in [0.1, 0.15) is 6.04 Å². The minimum atomic E-state index is -0.538. The van der Waals surface area contributed by atoms with Gasteiger partial charge in [0.2, 0.25) is 5.91 Å². The molecule has 1 unspecified atom stereocenters. The Kier molecular flexibility index (Phi) is 5.94. The van der Waals surface area contributed by atoms with E-state index in [9.17, 15) is 4.79 Å². The van der Waals surface area contributed by atoms with Crippen LogP contribution in [0.1, 0.15) is 39.4 Å². The second-order valence-corrected chi connectivity index (χ2v) is 6.76. The van der Waals surface area contributed by atoms with Crippen molar-refractivity contribution in [2.24, 2.45) is 5.73 Å². The van der Waals surface area contributed by atoms with Crippen molar-refractivity contribution in [1.29, 1.82) is 0 Å². The maximum Gasteiger partial charge on any atom is 0.239 e. The number of nitrogens with one attached hydrogen (secondary N) is 1. The fourth-order valence-corrected chi connectivity index (χ4v) is 3.16. The van der Waals surface area contributed by atoms with E-state index >= 15 is 0 Å². The highest BCUT2D eigenvalue weighted by molar-refractivity contribution is 5.82. The van der Waals surface area contributed by atoms with Crippen LogP contribution in [0.2, 0.25) is 0 Å². The summed E-state index contributed by atoms with van der Waals surface area (Å²) in [5.74, 6) is -0.383. The highest BCUT2D eigenvalue weighted by Crippen LogP contribution is 2.21. The second kappa shape index (κ2) is 8.56. The maximum absolute atomic E-state index is 12.1. The lowest BCUT2D eigenvalue weighted by Crippen LogP contribution is -2.34. The van der Waals surface area contributed by atoms with Crippen molar-refractivity contribution in [3.05, 3.63) is 94.6 Å².